The fraction of sp³-hybridized carbons (Fsp3) is 0.462. The van der Waals surface area contributed by atoms with Gasteiger partial charge in [0.15, 0.2) is 0 Å². The first-order chi connectivity index (χ1) is 8.63. The summed E-state index contributed by atoms with van der Waals surface area (Å²) in [6.45, 7) is 3.91. The van der Waals surface area contributed by atoms with Crippen molar-refractivity contribution >= 4 is 5.91 Å². The zero-order valence-electron chi connectivity index (χ0n) is 10.7. The molecule has 0 atom stereocenters. The van der Waals surface area contributed by atoms with Gasteiger partial charge in [-0.3, -0.25) is 9.59 Å². The molecule has 2 N–H and O–H groups in total. The number of amides is 1. The molecule has 0 saturated heterocycles. The molecule has 5 nitrogen and oxygen atoms in total. The molecule has 18 heavy (non-hydrogen) atoms. The molecule has 5 heteroatoms. The van der Waals surface area contributed by atoms with Crippen molar-refractivity contribution in [3.05, 3.63) is 33.2 Å². The molecule has 96 valence electrons. The highest BCUT2D eigenvalue weighted by atomic mass is 16.2. The molecule has 0 aliphatic heterocycles. The molecule has 0 spiro atoms. The number of hydrogen-bond donors (Lipinski definition) is 2. The number of pyridine rings is 1. The largest absolute Gasteiger partial charge is 0.339 e. The van der Waals surface area contributed by atoms with Gasteiger partial charge in [0.05, 0.1) is 6.07 Å². The Bertz CT molecular complexity index is 526. The number of aryl methyl sites for hydroxylation is 2. The molecule has 1 amide bonds. The van der Waals surface area contributed by atoms with Gasteiger partial charge in [-0.1, -0.05) is 20.3 Å². The lowest BCUT2D eigenvalue weighted by molar-refractivity contribution is 0.0957. The number of aromatic nitrogens is 1. The van der Waals surface area contributed by atoms with Gasteiger partial charge in [-0.15, -0.1) is 0 Å². The lowest BCUT2D eigenvalue weighted by atomic mass is 10.0. The van der Waals surface area contributed by atoms with Gasteiger partial charge in [-0.25, -0.2) is 0 Å². The van der Waals surface area contributed by atoms with Crippen LogP contribution in [0.5, 0.6) is 0 Å². The molecular weight excluding hydrogens is 230 g/mol. The van der Waals surface area contributed by atoms with Crippen molar-refractivity contribution in [2.75, 3.05) is 6.54 Å². The van der Waals surface area contributed by atoms with E-state index in [0.29, 0.717) is 0 Å². The quantitative estimate of drug-likeness (QED) is 0.765. The van der Waals surface area contributed by atoms with Crippen LogP contribution in [-0.2, 0) is 12.8 Å². The second-order valence-corrected chi connectivity index (χ2v) is 3.96. The first-order valence-corrected chi connectivity index (χ1v) is 6.04. The first-order valence-electron chi connectivity index (χ1n) is 6.04. The SMILES string of the molecule is CCCc1[nH]c(=O)c(C(=O)NCC#N)cc1CC. The maximum atomic E-state index is 11.8. The molecule has 0 bridgehead atoms. The summed E-state index contributed by atoms with van der Waals surface area (Å²) in [5, 5.41) is 10.8. The standard InChI is InChI=1S/C13H17N3O2/c1-3-5-11-9(4-2)8-10(13(18)16-11)12(17)15-7-6-14/h8H,3-5,7H2,1-2H3,(H,15,17)(H,16,18). The van der Waals surface area contributed by atoms with Crippen LogP contribution in [0.3, 0.4) is 0 Å². The number of H-pyrrole nitrogens is 1. The van der Waals surface area contributed by atoms with E-state index in [0.717, 1.165) is 30.5 Å². The lowest BCUT2D eigenvalue weighted by Crippen LogP contribution is -2.30. The molecule has 0 saturated carbocycles. The number of carbonyl (C=O) groups excluding carboxylic acids is 1. The maximum Gasteiger partial charge on any atom is 0.261 e. The van der Waals surface area contributed by atoms with E-state index in [2.05, 4.69) is 10.3 Å². The highest BCUT2D eigenvalue weighted by Crippen LogP contribution is 2.09. The van der Waals surface area contributed by atoms with E-state index in [1.165, 1.54) is 0 Å². The minimum Gasteiger partial charge on any atom is -0.339 e. The summed E-state index contributed by atoms with van der Waals surface area (Å²) < 4.78 is 0. The minimum absolute atomic E-state index is 0.0713. The summed E-state index contributed by atoms with van der Waals surface area (Å²) in [5.41, 5.74) is 1.54. The molecule has 1 aromatic rings. The Morgan fingerprint density at radius 1 is 1.50 bits per heavy atom. The molecule has 0 fully saturated rings. The highest BCUT2D eigenvalue weighted by Gasteiger charge is 2.13. The van der Waals surface area contributed by atoms with Crippen LogP contribution >= 0.6 is 0 Å². The second-order valence-electron chi connectivity index (χ2n) is 3.96. The van der Waals surface area contributed by atoms with Crippen LogP contribution in [0.1, 0.15) is 41.9 Å². The third kappa shape index (κ3) is 3.20. The fourth-order valence-corrected chi connectivity index (χ4v) is 1.78. The van der Waals surface area contributed by atoms with Crippen LogP contribution in [0.15, 0.2) is 10.9 Å². The Morgan fingerprint density at radius 2 is 2.22 bits per heavy atom. The predicted molar refractivity (Wildman–Crippen MR) is 68.4 cm³/mol. The van der Waals surface area contributed by atoms with Gasteiger partial charge >= 0.3 is 0 Å². The van der Waals surface area contributed by atoms with Crippen LogP contribution in [0.2, 0.25) is 0 Å². The number of carbonyl (C=O) groups is 1. The lowest BCUT2D eigenvalue weighted by Gasteiger charge is -2.09. The predicted octanol–water partition coefficient (Wildman–Crippen LogP) is 1.14. The van der Waals surface area contributed by atoms with Crippen molar-refractivity contribution in [2.24, 2.45) is 0 Å². The van der Waals surface area contributed by atoms with E-state index in [4.69, 9.17) is 5.26 Å². The van der Waals surface area contributed by atoms with Gasteiger partial charge in [-0.05, 0) is 24.5 Å². The molecule has 1 heterocycles. The highest BCUT2D eigenvalue weighted by molar-refractivity contribution is 5.94. The Kier molecular flexibility index (Phi) is 5.12. The Hall–Kier alpha value is -2.09. The molecule has 1 rings (SSSR count). The Labute approximate surface area is 106 Å². The minimum atomic E-state index is -0.504. The molecule has 0 aliphatic rings. The van der Waals surface area contributed by atoms with E-state index in [9.17, 15) is 9.59 Å². The van der Waals surface area contributed by atoms with Crippen LogP contribution in [0.25, 0.3) is 0 Å². The zero-order valence-corrected chi connectivity index (χ0v) is 10.7. The number of rotatable bonds is 5. The smallest absolute Gasteiger partial charge is 0.261 e. The third-order valence-corrected chi connectivity index (χ3v) is 2.67. The van der Waals surface area contributed by atoms with Crippen LogP contribution in [0.4, 0.5) is 0 Å². The van der Waals surface area contributed by atoms with E-state index in [-0.39, 0.29) is 12.1 Å². The number of aromatic amines is 1. The fourth-order valence-electron chi connectivity index (χ4n) is 1.78. The third-order valence-electron chi connectivity index (χ3n) is 2.67. The zero-order chi connectivity index (χ0) is 13.5. The summed E-state index contributed by atoms with van der Waals surface area (Å²) in [6.07, 6.45) is 2.48. The Balaban J connectivity index is 3.11. The number of hydrogen-bond acceptors (Lipinski definition) is 3. The summed E-state index contributed by atoms with van der Waals surface area (Å²) in [7, 11) is 0. The van der Waals surface area contributed by atoms with Crippen LogP contribution in [0, 0.1) is 11.3 Å². The number of nitriles is 1. The van der Waals surface area contributed by atoms with E-state index < -0.39 is 11.5 Å². The van der Waals surface area contributed by atoms with Crippen molar-refractivity contribution in [1.82, 2.24) is 10.3 Å². The molecular formula is C13H17N3O2. The van der Waals surface area contributed by atoms with Crippen molar-refractivity contribution in [2.45, 2.75) is 33.1 Å². The topological polar surface area (TPSA) is 85.8 Å². The first kappa shape index (κ1) is 14.0. The van der Waals surface area contributed by atoms with Crippen LogP contribution < -0.4 is 10.9 Å². The average molecular weight is 247 g/mol. The molecule has 0 aliphatic carbocycles. The van der Waals surface area contributed by atoms with Gasteiger partial charge in [0, 0.05) is 5.69 Å². The molecule has 0 radical (unpaired) electrons. The molecule has 1 aromatic heterocycles. The van der Waals surface area contributed by atoms with Crippen molar-refractivity contribution in [3.8, 4) is 6.07 Å². The van der Waals surface area contributed by atoms with Gasteiger partial charge < -0.3 is 10.3 Å². The van der Waals surface area contributed by atoms with Crippen molar-refractivity contribution in [3.63, 3.8) is 0 Å². The molecule has 0 aromatic carbocycles. The van der Waals surface area contributed by atoms with Crippen LogP contribution in [-0.4, -0.2) is 17.4 Å². The normalized spacial score (nSPS) is 9.83. The van der Waals surface area contributed by atoms with Gasteiger partial charge in [-0.2, -0.15) is 5.26 Å². The maximum absolute atomic E-state index is 11.8. The van der Waals surface area contributed by atoms with E-state index in [1.54, 1.807) is 12.1 Å². The van der Waals surface area contributed by atoms with Gasteiger partial charge in [0.1, 0.15) is 12.1 Å². The summed E-state index contributed by atoms with van der Waals surface area (Å²) in [5.74, 6) is -0.504. The van der Waals surface area contributed by atoms with Gasteiger partial charge in [0.2, 0.25) is 0 Å². The number of nitrogens with zero attached hydrogens (tertiary/aromatic N) is 1. The average Bonchev–Trinajstić information content (AvgIpc) is 2.36. The van der Waals surface area contributed by atoms with E-state index in [1.807, 2.05) is 13.8 Å². The van der Waals surface area contributed by atoms with E-state index >= 15 is 0 Å². The summed E-state index contributed by atoms with van der Waals surface area (Å²) in [4.78, 5) is 26.2. The van der Waals surface area contributed by atoms with Crippen molar-refractivity contribution in [1.29, 1.82) is 5.26 Å². The summed E-state index contributed by atoms with van der Waals surface area (Å²) >= 11 is 0. The Morgan fingerprint density at radius 3 is 2.78 bits per heavy atom. The molecule has 0 unspecified atom stereocenters. The second kappa shape index (κ2) is 6.60. The van der Waals surface area contributed by atoms with Crippen molar-refractivity contribution < 1.29 is 4.79 Å². The summed E-state index contributed by atoms with van der Waals surface area (Å²) in [6, 6.07) is 3.43. The number of nitrogens with one attached hydrogen (secondary N) is 2. The monoisotopic (exact) mass is 247 g/mol. The van der Waals surface area contributed by atoms with Gasteiger partial charge in [0.25, 0.3) is 11.5 Å².